The molecule has 8 heteroatoms. The summed E-state index contributed by atoms with van der Waals surface area (Å²) < 4.78 is 5.81. The van der Waals surface area contributed by atoms with Crippen LogP contribution in [0.2, 0.25) is 0 Å². The lowest BCUT2D eigenvalue weighted by Gasteiger charge is -2.23. The van der Waals surface area contributed by atoms with Crippen LogP contribution in [0.5, 0.6) is 0 Å². The summed E-state index contributed by atoms with van der Waals surface area (Å²) in [7, 11) is 1.79. The van der Waals surface area contributed by atoms with Gasteiger partial charge in [0, 0.05) is 25.9 Å². The number of carbonyl (C=O) groups excluding carboxylic acids is 1. The SMILES string of the molecule is CCc1[nH]ncc1C(=O)N(C)C[C@H]1OCC[C@H]1c1n[nH]c(C)n1. The third kappa shape index (κ3) is 3.12. The van der Waals surface area contributed by atoms with E-state index in [0.717, 1.165) is 30.2 Å². The highest BCUT2D eigenvalue weighted by Gasteiger charge is 2.34. The van der Waals surface area contributed by atoms with Gasteiger partial charge in [0.15, 0.2) is 5.82 Å². The van der Waals surface area contributed by atoms with E-state index in [2.05, 4.69) is 25.4 Å². The molecule has 2 atom stereocenters. The number of nitrogens with one attached hydrogen (secondary N) is 2. The second-order valence-electron chi connectivity index (χ2n) is 5.88. The first-order chi connectivity index (χ1) is 11.1. The molecule has 3 rings (SSSR count). The number of rotatable bonds is 5. The quantitative estimate of drug-likeness (QED) is 0.858. The summed E-state index contributed by atoms with van der Waals surface area (Å²) >= 11 is 0. The summed E-state index contributed by atoms with van der Waals surface area (Å²) in [5, 5.41) is 13.9. The molecule has 1 aliphatic heterocycles. The van der Waals surface area contributed by atoms with E-state index in [-0.39, 0.29) is 17.9 Å². The van der Waals surface area contributed by atoms with E-state index in [1.807, 2.05) is 13.8 Å². The van der Waals surface area contributed by atoms with Crippen LogP contribution in [0.1, 0.15) is 47.0 Å². The van der Waals surface area contributed by atoms with Gasteiger partial charge >= 0.3 is 0 Å². The maximum atomic E-state index is 12.6. The van der Waals surface area contributed by atoms with Gasteiger partial charge in [0.25, 0.3) is 5.91 Å². The highest BCUT2D eigenvalue weighted by molar-refractivity contribution is 5.94. The molecule has 0 saturated carbocycles. The number of hydrogen-bond donors (Lipinski definition) is 2. The van der Waals surface area contributed by atoms with Gasteiger partial charge in [0.1, 0.15) is 5.82 Å². The lowest BCUT2D eigenvalue weighted by atomic mass is 10.00. The standard InChI is InChI=1S/C15H22N6O2/c1-4-12-11(7-16-19-12)15(22)21(3)8-13-10(5-6-23-13)14-17-9(2)18-20-14/h7,10,13H,4-6,8H2,1-3H3,(H,16,19)(H,17,18,20)/t10-,13-/m1/s1. The molecule has 0 unspecified atom stereocenters. The van der Waals surface area contributed by atoms with E-state index in [1.165, 1.54) is 0 Å². The van der Waals surface area contributed by atoms with Gasteiger partial charge in [-0.3, -0.25) is 15.0 Å². The van der Waals surface area contributed by atoms with Crippen molar-refractivity contribution in [2.45, 2.75) is 38.7 Å². The minimum Gasteiger partial charge on any atom is -0.376 e. The van der Waals surface area contributed by atoms with Crippen molar-refractivity contribution in [1.82, 2.24) is 30.3 Å². The Morgan fingerprint density at radius 1 is 1.48 bits per heavy atom. The Hall–Kier alpha value is -2.22. The summed E-state index contributed by atoms with van der Waals surface area (Å²) in [4.78, 5) is 18.7. The number of aryl methyl sites for hydroxylation is 2. The zero-order valence-corrected chi connectivity index (χ0v) is 13.7. The molecule has 0 spiro atoms. The van der Waals surface area contributed by atoms with E-state index < -0.39 is 0 Å². The number of ether oxygens (including phenoxy) is 1. The lowest BCUT2D eigenvalue weighted by Crippen LogP contribution is -2.36. The van der Waals surface area contributed by atoms with Gasteiger partial charge in [-0.05, 0) is 19.8 Å². The van der Waals surface area contributed by atoms with Gasteiger partial charge in [-0.15, -0.1) is 0 Å². The third-order valence-corrected chi connectivity index (χ3v) is 4.26. The van der Waals surface area contributed by atoms with Crippen LogP contribution in [0, 0.1) is 6.92 Å². The van der Waals surface area contributed by atoms with Crippen LogP contribution < -0.4 is 0 Å². The molecule has 0 bridgehead atoms. The average molecular weight is 318 g/mol. The first-order valence-electron chi connectivity index (χ1n) is 7.88. The van der Waals surface area contributed by atoms with E-state index in [4.69, 9.17) is 4.74 Å². The van der Waals surface area contributed by atoms with Crippen molar-refractivity contribution < 1.29 is 9.53 Å². The molecule has 2 N–H and O–H groups in total. The normalized spacial score (nSPS) is 20.8. The topological polar surface area (TPSA) is 99.8 Å². The van der Waals surface area contributed by atoms with Crippen LogP contribution >= 0.6 is 0 Å². The van der Waals surface area contributed by atoms with Crippen LogP contribution in [-0.2, 0) is 11.2 Å². The molecule has 3 heterocycles. The van der Waals surface area contributed by atoms with Gasteiger partial charge in [0.2, 0.25) is 0 Å². The van der Waals surface area contributed by atoms with Crippen LogP contribution in [0.15, 0.2) is 6.20 Å². The van der Waals surface area contributed by atoms with Crippen molar-refractivity contribution in [3.8, 4) is 0 Å². The monoisotopic (exact) mass is 318 g/mol. The number of likely N-dealkylation sites (N-methyl/N-ethyl adjacent to an activating group) is 1. The van der Waals surface area contributed by atoms with Gasteiger partial charge in [-0.1, -0.05) is 6.92 Å². The molecule has 2 aromatic rings. The predicted molar refractivity (Wildman–Crippen MR) is 83.1 cm³/mol. The minimum absolute atomic E-state index is 0.0454. The molecular weight excluding hydrogens is 296 g/mol. The van der Waals surface area contributed by atoms with E-state index in [9.17, 15) is 4.79 Å². The smallest absolute Gasteiger partial charge is 0.257 e. The van der Waals surface area contributed by atoms with Crippen molar-refractivity contribution in [2.24, 2.45) is 0 Å². The average Bonchev–Trinajstić information content (AvgIpc) is 3.25. The van der Waals surface area contributed by atoms with Gasteiger partial charge in [-0.25, -0.2) is 4.98 Å². The summed E-state index contributed by atoms with van der Waals surface area (Å²) in [5.41, 5.74) is 1.48. The number of amides is 1. The largest absolute Gasteiger partial charge is 0.376 e. The fraction of sp³-hybridized carbons (Fsp3) is 0.600. The molecule has 1 aliphatic rings. The maximum absolute atomic E-state index is 12.6. The van der Waals surface area contributed by atoms with E-state index in [0.29, 0.717) is 18.7 Å². The maximum Gasteiger partial charge on any atom is 0.257 e. The highest BCUT2D eigenvalue weighted by Crippen LogP contribution is 2.29. The summed E-state index contributed by atoms with van der Waals surface area (Å²) in [5.74, 6) is 1.63. The Balaban J connectivity index is 1.69. The van der Waals surface area contributed by atoms with Crippen molar-refractivity contribution in [2.75, 3.05) is 20.2 Å². The Labute approximate surface area is 134 Å². The van der Waals surface area contributed by atoms with Crippen molar-refractivity contribution >= 4 is 5.91 Å². The third-order valence-electron chi connectivity index (χ3n) is 4.26. The molecule has 8 nitrogen and oxygen atoms in total. The summed E-state index contributed by atoms with van der Waals surface area (Å²) in [6, 6.07) is 0. The van der Waals surface area contributed by atoms with E-state index in [1.54, 1.807) is 18.1 Å². The second-order valence-corrected chi connectivity index (χ2v) is 5.88. The second kappa shape index (κ2) is 6.49. The molecule has 0 radical (unpaired) electrons. The molecule has 23 heavy (non-hydrogen) atoms. The predicted octanol–water partition coefficient (Wildman–Crippen LogP) is 1.04. The number of aromatic nitrogens is 5. The molecule has 1 saturated heterocycles. The number of nitrogens with zero attached hydrogens (tertiary/aromatic N) is 4. The number of aromatic amines is 2. The van der Waals surface area contributed by atoms with Gasteiger partial charge in [-0.2, -0.15) is 10.2 Å². The Kier molecular flexibility index (Phi) is 4.42. The molecule has 0 aromatic carbocycles. The molecular formula is C15H22N6O2. The Morgan fingerprint density at radius 3 is 3.00 bits per heavy atom. The molecule has 1 fully saturated rings. The molecule has 1 amide bonds. The molecule has 2 aromatic heterocycles. The number of hydrogen-bond acceptors (Lipinski definition) is 5. The summed E-state index contributed by atoms with van der Waals surface area (Å²) in [6.07, 6.45) is 3.11. The Bertz CT molecular complexity index is 679. The zero-order chi connectivity index (χ0) is 16.4. The van der Waals surface area contributed by atoms with Crippen LogP contribution in [0.4, 0.5) is 0 Å². The molecule has 0 aliphatic carbocycles. The minimum atomic E-state index is -0.0869. The van der Waals surface area contributed by atoms with Gasteiger partial charge < -0.3 is 9.64 Å². The van der Waals surface area contributed by atoms with Crippen LogP contribution in [0.3, 0.4) is 0 Å². The van der Waals surface area contributed by atoms with Crippen molar-refractivity contribution in [1.29, 1.82) is 0 Å². The highest BCUT2D eigenvalue weighted by atomic mass is 16.5. The first-order valence-corrected chi connectivity index (χ1v) is 7.88. The fourth-order valence-electron chi connectivity index (χ4n) is 2.97. The fourth-order valence-corrected chi connectivity index (χ4v) is 2.97. The number of H-pyrrole nitrogens is 2. The van der Waals surface area contributed by atoms with Crippen molar-refractivity contribution in [3.05, 3.63) is 29.1 Å². The van der Waals surface area contributed by atoms with E-state index >= 15 is 0 Å². The van der Waals surface area contributed by atoms with Crippen LogP contribution in [0.25, 0.3) is 0 Å². The zero-order valence-electron chi connectivity index (χ0n) is 13.7. The number of carbonyl (C=O) groups is 1. The first kappa shape index (κ1) is 15.7. The van der Waals surface area contributed by atoms with Crippen LogP contribution in [-0.4, -0.2) is 62.5 Å². The van der Waals surface area contributed by atoms with Gasteiger partial charge in [0.05, 0.1) is 23.8 Å². The summed E-state index contributed by atoms with van der Waals surface area (Å²) in [6.45, 7) is 5.04. The lowest BCUT2D eigenvalue weighted by molar-refractivity contribution is 0.0549. The van der Waals surface area contributed by atoms with Crippen molar-refractivity contribution in [3.63, 3.8) is 0 Å². The Morgan fingerprint density at radius 2 is 2.30 bits per heavy atom. The molecule has 124 valence electrons.